The second kappa shape index (κ2) is 4.20. The Kier molecular flexibility index (Phi) is 3.48. The van der Waals surface area contributed by atoms with Gasteiger partial charge in [0.25, 0.3) is 11.3 Å². The molecule has 0 aliphatic rings. The Labute approximate surface area is 87.1 Å². The van der Waals surface area contributed by atoms with Crippen molar-refractivity contribution in [2.45, 2.75) is 6.92 Å². The van der Waals surface area contributed by atoms with Gasteiger partial charge in [-0.1, -0.05) is 6.07 Å². The van der Waals surface area contributed by atoms with Crippen LogP contribution in [0.2, 0.25) is 0 Å². The van der Waals surface area contributed by atoms with E-state index in [0.29, 0.717) is 5.69 Å². The minimum Gasteiger partial charge on any atom is -0.289 e. The molecule has 0 saturated heterocycles. The van der Waals surface area contributed by atoms with Crippen LogP contribution in [0.25, 0.3) is 0 Å². The van der Waals surface area contributed by atoms with Gasteiger partial charge in [0, 0.05) is 9.26 Å². The van der Waals surface area contributed by atoms with Crippen LogP contribution in [0.4, 0.5) is 5.69 Å². The highest BCUT2D eigenvalue weighted by Crippen LogP contribution is 2.16. The summed E-state index contributed by atoms with van der Waals surface area (Å²) in [6.45, 7) is 1.99. The van der Waals surface area contributed by atoms with Crippen LogP contribution in [0, 0.1) is 10.5 Å². The Morgan fingerprint density at radius 1 is 1.58 bits per heavy atom. The van der Waals surface area contributed by atoms with Crippen molar-refractivity contribution in [1.82, 2.24) is 0 Å². The monoisotopic (exact) mass is 297 g/mol. The largest absolute Gasteiger partial charge is 0.289 e. The smallest absolute Gasteiger partial charge is 0.259 e. The SMILES string of the molecule is Cc1ccc(NS(=O)O)cc1I. The first-order valence-corrected chi connectivity index (χ1v) is 5.42. The summed E-state index contributed by atoms with van der Waals surface area (Å²) < 4.78 is 22.4. The van der Waals surface area contributed by atoms with E-state index >= 15 is 0 Å². The second-order valence-electron chi connectivity index (χ2n) is 2.32. The molecule has 0 saturated carbocycles. The van der Waals surface area contributed by atoms with E-state index < -0.39 is 11.3 Å². The van der Waals surface area contributed by atoms with Crippen molar-refractivity contribution in [3.63, 3.8) is 0 Å². The van der Waals surface area contributed by atoms with E-state index in [1.54, 1.807) is 6.07 Å². The second-order valence-corrected chi connectivity index (χ2v) is 4.18. The van der Waals surface area contributed by atoms with Gasteiger partial charge in [-0.05, 0) is 47.2 Å². The van der Waals surface area contributed by atoms with Crippen LogP contribution in [-0.2, 0) is 11.3 Å². The van der Waals surface area contributed by atoms with Crippen molar-refractivity contribution in [1.29, 1.82) is 0 Å². The lowest BCUT2D eigenvalue weighted by molar-refractivity contribution is 0.570. The molecular formula is C7H8INO2S. The maximum absolute atomic E-state index is 10.4. The Morgan fingerprint density at radius 3 is 2.75 bits per heavy atom. The van der Waals surface area contributed by atoms with E-state index in [-0.39, 0.29) is 0 Å². The third-order valence-corrected chi connectivity index (χ3v) is 2.95. The third kappa shape index (κ3) is 2.72. The van der Waals surface area contributed by atoms with Crippen molar-refractivity contribution in [3.8, 4) is 0 Å². The number of hydrogen-bond donors (Lipinski definition) is 2. The van der Waals surface area contributed by atoms with Gasteiger partial charge in [0.05, 0.1) is 0 Å². The molecule has 2 N–H and O–H groups in total. The number of benzene rings is 1. The first-order chi connectivity index (χ1) is 5.59. The summed E-state index contributed by atoms with van der Waals surface area (Å²) >= 11 is 0.191. The standard InChI is InChI=1S/C7H8INO2S/c1-5-2-3-6(4-7(5)8)9-12(10)11/h2-4,9H,1H3,(H,10,11). The molecule has 66 valence electrons. The molecule has 1 atom stereocenters. The zero-order valence-corrected chi connectivity index (χ0v) is 9.35. The maximum Gasteiger partial charge on any atom is 0.259 e. The van der Waals surface area contributed by atoms with Gasteiger partial charge in [0.15, 0.2) is 0 Å². The zero-order valence-electron chi connectivity index (χ0n) is 6.37. The molecule has 0 bridgehead atoms. The molecule has 1 aromatic rings. The fourth-order valence-electron chi connectivity index (χ4n) is 0.757. The normalized spacial score (nSPS) is 12.6. The van der Waals surface area contributed by atoms with Crippen LogP contribution < -0.4 is 4.72 Å². The first kappa shape index (κ1) is 9.94. The molecule has 12 heavy (non-hydrogen) atoms. The van der Waals surface area contributed by atoms with Gasteiger partial charge in [-0.15, -0.1) is 0 Å². The van der Waals surface area contributed by atoms with Crippen molar-refractivity contribution in [3.05, 3.63) is 27.3 Å². The molecule has 3 nitrogen and oxygen atoms in total. The van der Waals surface area contributed by atoms with Crippen molar-refractivity contribution >= 4 is 39.5 Å². The summed E-state index contributed by atoms with van der Waals surface area (Å²) in [7, 11) is 0. The van der Waals surface area contributed by atoms with Gasteiger partial charge in [-0.25, -0.2) is 4.21 Å². The van der Waals surface area contributed by atoms with E-state index in [1.165, 1.54) is 0 Å². The predicted molar refractivity (Wildman–Crippen MR) is 58.3 cm³/mol. The molecule has 1 rings (SSSR count). The minimum atomic E-state index is -1.98. The van der Waals surface area contributed by atoms with E-state index in [4.69, 9.17) is 4.55 Å². The summed E-state index contributed by atoms with van der Waals surface area (Å²) in [6, 6.07) is 5.49. The number of rotatable bonds is 2. The molecule has 0 fully saturated rings. The average Bonchev–Trinajstić information content (AvgIpc) is 1.96. The van der Waals surface area contributed by atoms with E-state index in [2.05, 4.69) is 27.3 Å². The average molecular weight is 297 g/mol. The van der Waals surface area contributed by atoms with Crippen LogP contribution in [0.3, 0.4) is 0 Å². The molecule has 0 spiro atoms. The van der Waals surface area contributed by atoms with Crippen LogP contribution in [0.1, 0.15) is 5.56 Å². The Hall–Kier alpha value is -0.140. The topological polar surface area (TPSA) is 49.3 Å². The molecule has 5 heteroatoms. The molecule has 1 aromatic carbocycles. The highest BCUT2D eigenvalue weighted by atomic mass is 127. The van der Waals surface area contributed by atoms with Gasteiger partial charge in [0.1, 0.15) is 0 Å². The highest BCUT2D eigenvalue weighted by molar-refractivity contribution is 14.1. The Bertz CT molecular complexity index is 316. The molecule has 0 aliphatic heterocycles. The summed E-state index contributed by atoms with van der Waals surface area (Å²) in [5, 5.41) is 0. The molecule has 1 unspecified atom stereocenters. The summed E-state index contributed by atoms with van der Waals surface area (Å²) in [4.78, 5) is 0. The van der Waals surface area contributed by atoms with E-state index in [1.807, 2.05) is 19.1 Å². The Morgan fingerprint density at radius 2 is 2.25 bits per heavy atom. The fourth-order valence-corrected chi connectivity index (χ4v) is 1.60. The number of hydrogen-bond acceptors (Lipinski definition) is 1. The maximum atomic E-state index is 10.4. The molecule has 0 aliphatic carbocycles. The van der Waals surface area contributed by atoms with Gasteiger partial charge in [-0.3, -0.25) is 9.27 Å². The highest BCUT2D eigenvalue weighted by Gasteiger charge is 1.98. The molecule has 0 heterocycles. The van der Waals surface area contributed by atoms with Crippen molar-refractivity contribution < 1.29 is 8.76 Å². The summed E-state index contributed by atoms with van der Waals surface area (Å²) in [5.41, 5.74) is 1.82. The molecular weight excluding hydrogens is 289 g/mol. The lowest BCUT2D eigenvalue weighted by Gasteiger charge is -2.03. The molecule has 0 radical (unpaired) electrons. The molecule has 0 aromatic heterocycles. The minimum absolute atomic E-state index is 0.658. The number of nitrogens with one attached hydrogen (secondary N) is 1. The van der Waals surface area contributed by atoms with Gasteiger partial charge in [-0.2, -0.15) is 0 Å². The zero-order chi connectivity index (χ0) is 9.14. The van der Waals surface area contributed by atoms with Crippen LogP contribution in [0.5, 0.6) is 0 Å². The van der Waals surface area contributed by atoms with Gasteiger partial charge < -0.3 is 0 Å². The summed E-state index contributed by atoms with van der Waals surface area (Å²) in [5.74, 6) is 0. The van der Waals surface area contributed by atoms with Crippen LogP contribution in [-0.4, -0.2) is 8.76 Å². The first-order valence-electron chi connectivity index (χ1n) is 3.23. The number of anilines is 1. The molecule has 0 amide bonds. The van der Waals surface area contributed by atoms with Gasteiger partial charge >= 0.3 is 0 Å². The third-order valence-electron chi connectivity index (χ3n) is 1.38. The quantitative estimate of drug-likeness (QED) is 0.649. The van der Waals surface area contributed by atoms with Crippen molar-refractivity contribution in [2.24, 2.45) is 0 Å². The predicted octanol–water partition coefficient (Wildman–Crippen LogP) is 2.15. The fraction of sp³-hybridized carbons (Fsp3) is 0.143. The van der Waals surface area contributed by atoms with Crippen molar-refractivity contribution in [2.75, 3.05) is 4.72 Å². The Balaban J connectivity index is 2.89. The van der Waals surface area contributed by atoms with E-state index in [0.717, 1.165) is 9.13 Å². The number of aryl methyl sites for hydroxylation is 1. The van der Waals surface area contributed by atoms with Gasteiger partial charge in [0.2, 0.25) is 0 Å². The van der Waals surface area contributed by atoms with E-state index in [9.17, 15) is 4.21 Å². The van der Waals surface area contributed by atoms with Crippen LogP contribution in [0.15, 0.2) is 18.2 Å². The number of halogens is 1. The lowest BCUT2D eigenvalue weighted by atomic mass is 10.2. The summed E-state index contributed by atoms with van der Waals surface area (Å²) in [6.07, 6.45) is 0. The lowest BCUT2D eigenvalue weighted by Crippen LogP contribution is -2.01. The van der Waals surface area contributed by atoms with Crippen LogP contribution >= 0.6 is 22.6 Å².